The van der Waals surface area contributed by atoms with Gasteiger partial charge in [0.25, 0.3) is 29.5 Å². The smallest absolute Gasteiger partial charge is 0.294 e. The number of fused-ring (bicyclic) bond motifs is 5. The molecule has 0 saturated carbocycles. The van der Waals surface area contributed by atoms with Crippen molar-refractivity contribution in [3.8, 4) is 0 Å². The lowest BCUT2D eigenvalue weighted by Crippen LogP contribution is -2.31. The summed E-state index contributed by atoms with van der Waals surface area (Å²) in [5, 5.41) is 5.88. The minimum atomic E-state index is -1.28. The summed E-state index contributed by atoms with van der Waals surface area (Å²) < 4.78 is 169. The summed E-state index contributed by atoms with van der Waals surface area (Å²) in [5.41, 5.74) is 12.8. The summed E-state index contributed by atoms with van der Waals surface area (Å²) in [6, 6.07) is 37.5. The van der Waals surface area contributed by atoms with E-state index in [1.165, 1.54) is 97.9 Å². The second kappa shape index (κ2) is 36.7. The lowest BCUT2D eigenvalue weighted by atomic mass is 9.99. The number of imidazole rings is 4. The molecule has 4 aromatic heterocycles. The molecule has 0 aliphatic carbocycles. The quantitative estimate of drug-likeness (QED) is 0.0411. The first-order valence-corrected chi connectivity index (χ1v) is 41.5. The van der Waals surface area contributed by atoms with Crippen LogP contribution in [0.1, 0.15) is 92.6 Å². The number of nitrogens with one attached hydrogen (secondary N) is 6. The van der Waals surface area contributed by atoms with Gasteiger partial charge in [0, 0.05) is 89.1 Å². The molecule has 6 N–H and O–H groups in total. The summed E-state index contributed by atoms with van der Waals surface area (Å²) in [5.74, 6) is -10.1. The largest absolute Gasteiger partial charge is 0.491 e. The molecule has 5 atom stereocenters. The van der Waals surface area contributed by atoms with Gasteiger partial charge in [0.05, 0.1) is 164 Å². The summed E-state index contributed by atoms with van der Waals surface area (Å²) in [6.07, 6.45) is 6.22. The van der Waals surface area contributed by atoms with Crippen molar-refractivity contribution in [1.82, 2.24) is 39.9 Å². The van der Waals surface area contributed by atoms with Gasteiger partial charge in [-0.1, -0.05) is 45.7 Å². The van der Waals surface area contributed by atoms with Crippen LogP contribution in [0.5, 0.6) is 0 Å². The maximum atomic E-state index is 14.6. The third kappa shape index (κ3) is 16.1. The monoisotopic (exact) mass is 1890 g/mol. The van der Waals surface area contributed by atoms with Crippen molar-refractivity contribution in [2.75, 3.05) is 77.4 Å². The summed E-state index contributed by atoms with van der Waals surface area (Å²) >= 11 is 9.46. The number of hydrogen-bond acceptors (Lipinski definition) is 16. The van der Waals surface area contributed by atoms with E-state index in [-0.39, 0.29) is 67.8 Å². The van der Waals surface area contributed by atoms with Crippen LogP contribution in [0.25, 0.3) is 44.1 Å². The van der Waals surface area contributed by atoms with Gasteiger partial charge in [-0.15, -0.1) is 0 Å². The Morgan fingerprint density at radius 2 is 0.652 bits per heavy atom. The number of benzene rings is 10. The Bertz CT molecular complexity index is 7100. The van der Waals surface area contributed by atoms with Crippen LogP contribution >= 0.6 is 27.5 Å². The highest BCUT2D eigenvalue weighted by Crippen LogP contribution is 2.51. The molecule has 0 radical (unpaired) electrons. The lowest BCUT2D eigenvalue weighted by Gasteiger charge is -2.27. The van der Waals surface area contributed by atoms with Gasteiger partial charge in [0.2, 0.25) is 0 Å². The first kappa shape index (κ1) is 90.2. The molecule has 674 valence electrons. The maximum Gasteiger partial charge on any atom is 0.294 e. The van der Waals surface area contributed by atoms with Crippen LogP contribution in [0.2, 0.25) is 5.02 Å². The van der Waals surface area contributed by atoms with E-state index < -0.39 is 106 Å². The van der Waals surface area contributed by atoms with Gasteiger partial charge < -0.3 is 54.3 Å². The molecule has 5 unspecified atom stereocenters. The Kier molecular flexibility index (Phi) is 25.1. The lowest BCUT2D eigenvalue weighted by molar-refractivity contribution is -0.118. The molecule has 10 aromatic carbocycles. The average molecular weight is 1890 g/mol. The Balaban J connectivity index is 0.000000120. The molecule has 0 fully saturated rings. The molecule has 0 saturated heterocycles. The van der Waals surface area contributed by atoms with Crippen LogP contribution in [0, 0.1) is 58.2 Å². The molecule has 10 heterocycles. The zero-order chi connectivity index (χ0) is 93.9. The third-order valence-corrected chi connectivity index (χ3v) is 24.2. The molecule has 0 spiro atoms. The number of ether oxygens (including phenoxy) is 5. The fourth-order valence-electron chi connectivity index (χ4n) is 17.2. The number of carbonyl (C=O) groups is 5. The minimum Gasteiger partial charge on any atom is -0.491 e. The first-order valence-electron chi connectivity index (χ1n) is 40.3. The number of amides is 5. The maximum absolute atomic E-state index is 14.6. The van der Waals surface area contributed by atoms with Gasteiger partial charge >= 0.3 is 0 Å². The van der Waals surface area contributed by atoms with E-state index in [0.717, 1.165) is 67.7 Å². The van der Waals surface area contributed by atoms with E-state index in [1.54, 1.807) is 149 Å². The number of H-pyrrole nitrogens is 4. The highest BCUT2D eigenvalue weighted by molar-refractivity contribution is 9.10. The van der Waals surface area contributed by atoms with Crippen LogP contribution in [0.15, 0.2) is 256 Å². The number of methoxy groups -OCH3 is 5. The molecule has 5 amide bonds. The number of carbonyl (C=O) groups excluding carboxylic acids is 5. The van der Waals surface area contributed by atoms with Gasteiger partial charge in [0.15, 0.2) is 52.1 Å². The Morgan fingerprint density at radius 3 is 1.08 bits per heavy atom. The van der Waals surface area contributed by atoms with Crippen LogP contribution in [-0.2, 0) is 47.7 Å². The molecule has 25 nitrogen and oxygen atoms in total. The van der Waals surface area contributed by atoms with Crippen molar-refractivity contribution < 1.29 is 91.6 Å². The molecule has 6 aliphatic rings. The number of halogens is 12. The van der Waals surface area contributed by atoms with Crippen molar-refractivity contribution in [1.29, 1.82) is 0 Å². The normalized spacial score (nSPS) is 17.6. The molecule has 132 heavy (non-hydrogen) atoms. The van der Waals surface area contributed by atoms with Crippen molar-refractivity contribution in [2.24, 2.45) is 0 Å². The average Bonchev–Trinajstić information content (AvgIpc) is 1.66. The number of aromatic nitrogens is 8. The SMILES string of the molecule is COC1=C(C)C(c2c(F)ccc(F)c2Cl)N(c2ccc3nc[nH]c3c2)C1=O.COC1=C(C)C(c2c(F)cccc2F)N(c2ccc3nc[nH]c3c2)C1=O.COC1=C(C)C(c2cc(Br)ccc2F)N(c2ccc3nc[nH]c3c2)C1=O.COC1=C(C)C(c2cc(F)c(F)cc2F)N(c2ccc3c(c2)NCN3)C1=O.COC1=C(C)C(c2cccc(F)c2F)N(c2ccc3nc[nH]c3c2)C1=O. The van der Waals surface area contributed by atoms with E-state index in [0.29, 0.717) is 91.2 Å². The fraction of sp³-hybridized carbons (Fsp3) is 0.168. The first-order chi connectivity index (χ1) is 63.4. The van der Waals surface area contributed by atoms with Gasteiger partial charge in [-0.05, 0) is 180 Å². The predicted octanol–water partition coefficient (Wildman–Crippen LogP) is 20.6. The highest BCUT2D eigenvalue weighted by Gasteiger charge is 2.48. The molecule has 14 aromatic rings. The van der Waals surface area contributed by atoms with E-state index in [1.807, 2.05) is 12.1 Å². The van der Waals surface area contributed by atoms with Crippen molar-refractivity contribution in [3.63, 3.8) is 0 Å². The van der Waals surface area contributed by atoms with Gasteiger partial charge in [0.1, 0.15) is 34.9 Å². The van der Waals surface area contributed by atoms with Gasteiger partial charge in [-0.3, -0.25) is 48.5 Å². The molecule has 37 heteroatoms. The Hall–Kier alpha value is -15.2. The van der Waals surface area contributed by atoms with Crippen molar-refractivity contribution in [3.05, 3.63) is 347 Å². The number of rotatable bonds is 15. The minimum absolute atomic E-state index is 0.0516. The molecule has 20 rings (SSSR count). The zero-order valence-electron chi connectivity index (χ0n) is 71.2. The van der Waals surface area contributed by atoms with Gasteiger partial charge in [-0.2, -0.15) is 0 Å². The highest BCUT2D eigenvalue weighted by atomic mass is 79.9. The van der Waals surface area contributed by atoms with Crippen LogP contribution in [-0.4, -0.2) is 112 Å². The Labute approximate surface area is 757 Å². The molecule has 0 bridgehead atoms. The summed E-state index contributed by atoms with van der Waals surface area (Å²) in [6.45, 7) is 8.90. The second-order valence-electron chi connectivity index (χ2n) is 30.6. The van der Waals surface area contributed by atoms with E-state index in [2.05, 4.69) is 66.4 Å². The predicted molar refractivity (Wildman–Crippen MR) is 477 cm³/mol. The van der Waals surface area contributed by atoms with Crippen molar-refractivity contribution in [2.45, 2.75) is 64.8 Å². The van der Waals surface area contributed by atoms with E-state index in [4.69, 9.17) is 35.3 Å². The van der Waals surface area contributed by atoms with Crippen LogP contribution in [0.3, 0.4) is 0 Å². The Morgan fingerprint density at radius 1 is 0.326 bits per heavy atom. The summed E-state index contributed by atoms with van der Waals surface area (Å²) in [4.78, 5) is 100. The van der Waals surface area contributed by atoms with Gasteiger partial charge in [-0.25, -0.2) is 63.8 Å². The van der Waals surface area contributed by atoms with E-state index in [9.17, 15) is 67.9 Å². The standard InChI is InChI=1S/C19H15BrFN3O2.C19H14ClF2N3O2.C19H16F3N3O2.2C19H15F2N3O2/c1-10-17(13-7-11(20)3-5-14(13)21)24(19(25)18(10)26-2)12-4-6-15-16(8-12)23-9-22-15;1-9-17(15-11(21)4-5-12(22)16(15)20)25(19(26)18(9)27-2)10-3-6-13-14(7-10)24-8-23-13;1-9-17(11-6-13(21)14(22)7-12(11)20)25(19(26)18(9)27-2)10-3-4-15-16(5-10)24-8-23-15;1-10-17(16-12(20)4-3-5-13(16)21)24(19(25)18(10)26-2)11-6-7-14-15(8-11)23-9-22-14;1-10-17(12-4-3-5-13(20)16(12)21)24(19(25)18(10)26-2)11-6-7-14-15(8-11)23-9-22-14/h3-9,17H,1-2H3,(H,22,23);3-8,17H,1-2H3,(H,23,24);3-7,17,23-24H,8H2,1-2H3;2*3-9,17H,1-2H3,(H,22,23). The molecular weight excluding hydrogens is 1820 g/mol. The second-order valence-corrected chi connectivity index (χ2v) is 31.9. The molecule has 6 aliphatic heterocycles. The summed E-state index contributed by atoms with van der Waals surface area (Å²) in [7, 11) is 6.91. The molecular formula is C95H75BrClF10N15O10. The van der Waals surface area contributed by atoms with Crippen LogP contribution in [0.4, 0.5) is 83.7 Å². The zero-order valence-corrected chi connectivity index (χ0v) is 73.6. The van der Waals surface area contributed by atoms with E-state index >= 15 is 0 Å². The number of anilines is 7. The fourth-order valence-corrected chi connectivity index (χ4v) is 17.9. The number of aromatic amines is 4. The number of hydrogen-bond donors (Lipinski definition) is 6. The third-order valence-electron chi connectivity index (χ3n) is 23.3. The van der Waals surface area contributed by atoms with Crippen LogP contribution < -0.4 is 35.1 Å². The van der Waals surface area contributed by atoms with Crippen molar-refractivity contribution >= 4 is 141 Å². The topological polar surface area (TPSA) is 286 Å². The number of nitrogens with zero attached hydrogens (tertiary/aromatic N) is 9.